The molecule has 1 aliphatic carbocycles. The van der Waals surface area contributed by atoms with Gasteiger partial charge in [0, 0.05) is 25.6 Å². The molecule has 0 aromatic heterocycles. The summed E-state index contributed by atoms with van der Waals surface area (Å²) in [6.45, 7) is 2.53. The van der Waals surface area contributed by atoms with Gasteiger partial charge >= 0.3 is 5.97 Å². The van der Waals surface area contributed by atoms with Crippen molar-refractivity contribution in [3.63, 3.8) is 0 Å². The van der Waals surface area contributed by atoms with Gasteiger partial charge in [-0.2, -0.15) is 0 Å². The van der Waals surface area contributed by atoms with Gasteiger partial charge in [-0.05, 0) is 50.9 Å². The zero-order valence-corrected chi connectivity index (χ0v) is 13.2. The molecule has 5 nitrogen and oxygen atoms in total. The molecule has 124 valence electrons. The summed E-state index contributed by atoms with van der Waals surface area (Å²) < 4.78 is 5.78. The van der Waals surface area contributed by atoms with E-state index in [2.05, 4.69) is 0 Å². The number of likely N-dealkylation sites (tertiary alicyclic amines) is 1. The van der Waals surface area contributed by atoms with Crippen LogP contribution in [0.4, 0.5) is 0 Å². The molecule has 0 aromatic rings. The van der Waals surface area contributed by atoms with Crippen LogP contribution in [0.25, 0.3) is 0 Å². The van der Waals surface area contributed by atoms with Crippen molar-refractivity contribution in [3.8, 4) is 0 Å². The normalized spacial score (nSPS) is 33.8. The van der Waals surface area contributed by atoms with Crippen LogP contribution in [-0.2, 0) is 14.3 Å². The number of carbonyl (C=O) groups is 2. The maximum absolute atomic E-state index is 12.7. The van der Waals surface area contributed by atoms with Gasteiger partial charge in [0.2, 0.25) is 5.91 Å². The molecule has 1 amide bonds. The highest BCUT2D eigenvalue weighted by atomic mass is 16.5. The van der Waals surface area contributed by atoms with Gasteiger partial charge in [0.25, 0.3) is 0 Å². The number of carbonyl (C=O) groups excluding carboxylic acids is 1. The summed E-state index contributed by atoms with van der Waals surface area (Å²) in [7, 11) is 0. The van der Waals surface area contributed by atoms with Crippen LogP contribution in [0.15, 0.2) is 0 Å². The van der Waals surface area contributed by atoms with Crippen LogP contribution in [0.3, 0.4) is 0 Å². The Kier molecular flexibility index (Phi) is 5.01. The zero-order chi connectivity index (χ0) is 15.5. The van der Waals surface area contributed by atoms with Crippen molar-refractivity contribution in [3.05, 3.63) is 0 Å². The lowest BCUT2D eigenvalue weighted by molar-refractivity contribution is -0.146. The van der Waals surface area contributed by atoms with Crippen molar-refractivity contribution in [1.29, 1.82) is 0 Å². The van der Waals surface area contributed by atoms with Gasteiger partial charge in [-0.3, -0.25) is 9.59 Å². The first-order valence-corrected chi connectivity index (χ1v) is 8.78. The Balaban J connectivity index is 1.50. The molecule has 2 aliphatic heterocycles. The van der Waals surface area contributed by atoms with E-state index in [4.69, 9.17) is 9.84 Å². The molecule has 0 aromatic carbocycles. The lowest BCUT2D eigenvalue weighted by Gasteiger charge is -2.37. The number of ether oxygens (including phenoxy) is 1. The van der Waals surface area contributed by atoms with E-state index < -0.39 is 5.97 Å². The first kappa shape index (κ1) is 15.8. The number of nitrogens with zero attached hydrogens (tertiary/aromatic N) is 1. The van der Waals surface area contributed by atoms with E-state index in [1.54, 1.807) is 0 Å². The first-order chi connectivity index (χ1) is 10.6. The van der Waals surface area contributed by atoms with E-state index in [1.807, 2.05) is 4.90 Å². The summed E-state index contributed by atoms with van der Waals surface area (Å²) >= 11 is 0. The first-order valence-electron chi connectivity index (χ1n) is 8.78. The maximum Gasteiger partial charge on any atom is 0.306 e. The van der Waals surface area contributed by atoms with Crippen molar-refractivity contribution in [2.24, 2.45) is 17.8 Å². The lowest BCUT2D eigenvalue weighted by atomic mass is 9.80. The third kappa shape index (κ3) is 3.45. The second-order valence-electron chi connectivity index (χ2n) is 7.11. The molecule has 3 atom stereocenters. The number of aliphatic carboxylic acids is 1. The van der Waals surface area contributed by atoms with Crippen LogP contribution in [0.1, 0.15) is 51.4 Å². The second-order valence-corrected chi connectivity index (χ2v) is 7.11. The van der Waals surface area contributed by atoms with Crippen molar-refractivity contribution in [2.75, 3.05) is 19.7 Å². The van der Waals surface area contributed by atoms with E-state index in [0.717, 1.165) is 51.8 Å². The Labute approximate surface area is 132 Å². The molecule has 22 heavy (non-hydrogen) atoms. The Morgan fingerprint density at radius 1 is 0.955 bits per heavy atom. The number of rotatable bonds is 3. The topological polar surface area (TPSA) is 66.8 Å². The second kappa shape index (κ2) is 6.99. The van der Waals surface area contributed by atoms with Gasteiger partial charge in [-0.25, -0.2) is 0 Å². The molecule has 2 heterocycles. The highest BCUT2D eigenvalue weighted by Crippen LogP contribution is 2.33. The van der Waals surface area contributed by atoms with Crippen molar-refractivity contribution >= 4 is 11.9 Å². The number of amides is 1. The SMILES string of the molecule is O=C(O)C1CCCC(C(=O)N2CCC(C3CCCO3)CC2)C1. The van der Waals surface area contributed by atoms with Crippen LogP contribution in [0.5, 0.6) is 0 Å². The summed E-state index contributed by atoms with van der Waals surface area (Å²) in [6.07, 6.45) is 7.78. The number of carboxylic acids is 1. The van der Waals surface area contributed by atoms with Crippen molar-refractivity contribution < 1.29 is 19.4 Å². The Morgan fingerprint density at radius 2 is 1.68 bits per heavy atom. The van der Waals surface area contributed by atoms with Crippen LogP contribution in [0.2, 0.25) is 0 Å². The minimum atomic E-state index is -0.741. The lowest BCUT2D eigenvalue weighted by Crippen LogP contribution is -2.45. The largest absolute Gasteiger partial charge is 0.481 e. The summed E-state index contributed by atoms with van der Waals surface area (Å²) in [6, 6.07) is 0. The standard InChI is InChI=1S/C17H27NO4/c19-16(13-3-1-4-14(11-13)17(20)21)18-8-6-12(7-9-18)15-5-2-10-22-15/h12-15H,1-11H2,(H,20,21). The molecule has 0 radical (unpaired) electrons. The average molecular weight is 309 g/mol. The van der Waals surface area contributed by atoms with Gasteiger partial charge in [0.05, 0.1) is 12.0 Å². The number of carboxylic acid groups (broad SMARTS) is 1. The molecule has 1 saturated carbocycles. The molecule has 3 rings (SSSR count). The molecule has 5 heteroatoms. The predicted octanol–water partition coefficient (Wildman–Crippen LogP) is 2.29. The molecule has 3 unspecified atom stereocenters. The molecule has 2 saturated heterocycles. The fourth-order valence-electron chi connectivity index (χ4n) is 4.36. The monoisotopic (exact) mass is 309 g/mol. The maximum atomic E-state index is 12.7. The average Bonchev–Trinajstić information content (AvgIpc) is 3.09. The van der Waals surface area contributed by atoms with Gasteiger partial charge in [0.1, 0.15) is 0 Å². The highest BCUT2D eigenvalue weighted by molar-refractivity contribution is 5.80. The molecule has 3 aliphatic rings. The van der Waals surface area contributed by atoms with Crippen LogP contribution >= 0.6 is 0 Å². The third-order valence-electron chi connectivity index (χ3n) is 5.71. The third-order valence-corrected chi connectivity index (χ3v) is 5.71. The quantitative estimate of drug-likeness (QED) is 0.868. The fourth-order valence-corrected chi connectivity index (χ4v) is 4.36. The summed E-state index contributed by atoms with van der Waals surface area (Å²) in [5.41, 5.74) is 0. The molecule has 0 spiro atoms. The number of hydrogen-bond acceptors (Lipinski definition) is 3. The summed E-state index contributed by atoms with van der Waals surface area (Å²) in [4.78, 5) is 25.8. The molecule has 0 bridgehead atoms. The molecule has 3 fully saturated rings. The van der Waals surface area contributed by atoms with E-state index in [-0.39, 0.29) is 17.7 Å². The van der Waals surface area contributed by atoms with E-state index in [9.17, 15) is 9.59 Å². The van der Waals surface area contributed by atoms with E-state index in [0.29, 0.717) is 18.4 Å². The van der Waals surface area contributed by atoms with Crippen molar-refractivity contribution in [2.45, 2.75) is 57.5 Å². The minimum absolute atomic E-state index is 0.0749. The minimum Gasteiger partial charge on any atom is -0.481 e. The van der Waals surface area contributed by atoms with Gasteiger partial charge < -0.3 is 14.7 Å². The van der Waals surface area contributed by atoms with E-state index in [1.165, 1.54) is 12.8 Å². The Morgan fingerprint density at radius 3 is 2.32 bits per heavy atom. The van der Waals surface area contributed by atoms with Gasteiger partial charge in [-0.1, -0.05) is 6.42 Å². The van der Waals surface area contributed by atoms with Gasteiger partial charge in [-0.15, -0.1) is 0 Å². The molecule has 1 N–H and O–H groups in total. The number of hydrogen-bond donors (Lipinski definition) is 1. The summed E-state index contributed by atoms with van der Waals surface area (Å²) in [5, 5.41) is 9.17. The summed E-state index contributed by atoms with van der Waals surface area (Å²) in [5.74, 6) is -0.350. The van der Waals surface area contributed by atoms with E-state index >= 15 is 0 Å². The van der Waals surface area contributed by atoms with Crippen LogP contribution < -0.4 is 0 Å². The number of piperidine rings is 1. The van der Waals surface area contributed by atoms with Gasteiger partial charge in [0.15, 0.2) is 0 Å². The predicted molar refractivity (Wildman–Crippen MR) is 81.4 cm³/mol. The van der Waals surface area contributed by atoms with Crippen LogP contribution in [-0.4, -0.2) is 47.7 Å². The molecular weight excluding hydrogens is 282 g/mol. The smallest absolute Gasteiger partial charge is 0.306 e. The van der Waals surface area contributed by atoms with Crippen LogP contribution in [0, 0.1) is 17.8 Å². The fraction of sp³-hybridized carbons (Fsp3) is 0.882. The highest BCUT2D eigenvalue weighted by Gasteiger charge is 2.36. The van der Waals surface area contributed by atoms with Crippen molar-refractivity contribution in [1.82, 2.24) is 4.90 Å². The zero-order valence-electron chi connectivity index (χ0n) is 13.2. The Bertz CT molecular complexity index is 411. The Hall–Kier alpha value is -1.10. The molecular formula is C17H27NO4.